The largest absolute Gasteiger partial charge is 0.206 e. The van der Waals surface area contributed by atoms with E-state index in [0.717, 1.165) is 24.0 Å². The maximum Gasteiger partial charge on any atom is 0.138 e. The summed E-state index contributed by atoms with van der Waals surface area (Å²) in [6.07, 6.45) is 6.36. The van der Waals surface area contributed by atoms with Gasteiger partial charge in [0.15, 0.2) is 0 Å². The molecule has 3 aromatic carbocycles. The van der Waals surface area contributed by atoms with Crippen LogP contribution in [0.3, 0.4) is 0 Å². The topological polar surface area (TPSA) is 23.8 Å². The lowest BCUT2D eigenvalue weighted by Gasteiger charge is -2.10. The summed E-state index contributed by atoms with van der Waals surface area (Å²) in [6.45, 7) is 2.20. The predicted octanol–water partition coefficient (Wildman–Crippen LogP) is 7.20. The van der Waals surface area contributed by atoms with Crippen LogP contribution in [0.1, 0.15) is 54.9 Å². The lowest BCUT2D eigenvalue weighted by Crippen LogP contribution is -1.97. The van der Waals surface area contributed by atoms with Crippen molar-refractivity contribution in [2.75, 3.05) is 0 Å². The molecule has 0 saturated carbocycles. The Bertz CT molecular complexity index is 1090. The maximum atomic E-state index is 15.4. The number of rotatable bonds is 6. The Kier molecular flexibility index (Phi) is 5.45. The number of nitriles is 1. The van der Waals surface area contributed by atoms with Crippen LogP contribution in [0, 0.1) is 23.0 Å². The molecule has 0 aromatic heterocycles. The van der Waals surface area contributed by atoms with E-state index in [1.165, 1.54) is 30.9 Å². The van der Waals surface area contributed by atoms with Gasteiger partial charge in [-0.05, 0) is 58.9 Å². The smallest absolute Gasteiger partial charge is 0.138 e. The molecule has 0 bridgehead atoms. The average molecular weight is 387 g/mol. The number of unbranched alkanes of at least 4 members (excludes halogenated alkanes) is 3. The zero-order valence-electron chi connectivity index (χ0n) is 16.6. The molecule has 0 aliphatic heterocycles. The first-order valence-electron chi connectivity index (χ1n) is 10.3. The lowest BCUT2D eigenvalue weighted by atomic mass is 9.96. The third-order valence-corrected chi connectivity index (χ3v) is 5.77. The summed E-state index contributed by atoms with van der Waals surface area (Å²) < 4.78 is 30.2. The summed E-state index contributed by atoms with van der Waals surface area (Å²) in [5.41, 5.74) is 5.39. The van der Waals surface area contributed by atoms with Gasteiger partial charge in [0.1, 0.15) is 11.6 Å². The number of halogens is 2. The SMILES string of the molecule is CCCCCCc1ccc2c(c1)Cc1c-2cc(F)c(-c2ccc(C#N)cc2)c1F. The van der Waals surface area contributed by atoms with Gasteiger partial charge in [-0.3, -0.25) is 0 Å². The van der Waals surface area contributed by atoms with E-state index in [0.29, 0.717) is 28.7 Å². The van der Waals surface area contributed by atoms with Crippen LogP contribution in [0.25, 0.3) is 22.3 Å². The Labute approximate surface area is 170 Å². The van der Waals surface area contributed by atoms with Crippen molar-refractivity contribution in [3.63, 3.8) is 0 Å². The van der Waals surface area contributed by atoms with Crippen LogP contribution < -0.4 is 0 Å². The minimum atomic E-state index is -0.567. The van der Waals surface area contributed by atoms with Crippen LogP contribution >= 0.6 is 0 Å². The van der Waals surface area contributed by atoms with Crippen molar-refractivity contribution in [1.82, 2.24) is 0 Å². The number of aryl methyl sites for hydroxylation is 1. The molecule has 0 fully saturated rings. The van der Waals surface area contributed by atoms with Gasteiger partial charge in [0, 0.05) is 12.0 Å². The van der Waals surface area contributed by atoms with E-state index in [2.05, 4.69) is 19.1 Å². The molecule has 0 amide bonds. The quantitative estimate of drug-likeness (QED) is 0.321. The summed E-state index contributed by atoms with van der Waals surface area (Å²) in [5, 5.41) is 8.94. The first-order chi connectivity index (χ1) is 14.1. The molecule has 0 heterocycles. The van der Waals surface area contributed by atoms with Gasteiger partial charge in [-0.1, -0.05) is 56.5 Å². The minimum absolute atomic E-state index is 0.0131. The fourth-order valence-electron chi connectivity index (χ4n) is 4.21. The first-order valence-corrected chi connectivity index (χ1v) is 10.3. The molecule has 1 aliphatic rings. The minimum Gasteiger partial charge on any atom is -0.206 e. The van der Waals surface area contributed by atoms with Crippen molar-refractivity contribution in [3.8, 4) is 28.3 Å². The highest BCUT2D eigenvalue weighted by Gasteiger charge is 2.27. The number of fused-ring (bicyclic) bond motifs is 3. The molecule has 3 aromatic rings. The van der Waals surface area contributed by atoms with Crippen molar-refractivity contribution in [2.24, 2.45) is 0 Å². The van der Waals surface area contributed by atoms with E-state index >= 15 is 4.39 Å². The molecular formula is C26H23F2N. The lowest BCUT2D eigenvalue weighted by molar-refractivity contribution is 0.583. The Balaban J connectivity index is 1.66. The zero-order valence-corrected chi connectivity index (χ0v) is 16.6. The summed E-state index contributed by atoms with van der Waals surface area (Å²) in [5.74, 6) is -1.06. The Morgan fingerprint density at radius 2 is 1.72 bits per heavy atom. The van der Waals surface area contributed by atoms with Crippen molar-refractivity contribution in [2.45, 2.75) is 45.4 Å². The average Bonchev–Trinajstić information content (AvgIpc) is 3.10. The first kappa shape index (κ1) is 19.3. The van der Waals surface area contributed by atoms with Gasteiger partial charge in [-0.15, -0.1) is 0 Å². The molecule has 0 N–H and O–H groups in total. The van der Waals surface area contributed by atoms with Crippen LogP contribution in [0.5, 0.6) is 0 Å². The van der Waals surface area contributed by atoms with Gasteiger partial charge < -0.3 is 0 Å². The summed E-state index contributed by atoms with van der Waals surface area (Å²) in [4.78, 5) is 0. The highest BCUT2D eigenvalue weighted by molar-refractivity contribution is 5.81. The monoisotopic (exact) mass is 387 g/mol. The van der Waals surface area contributed by atoms with Crippen molar-refractivity contribution >= 4 is 0 Å². The number of nitrogens with zero attached hydrogens (tertiary/aromatic N) is 1. The fraction of sp³-hybridized carbons (Fsp3) is 0.269. The van der Waals surface area contributed by atoms with Crippen LogP contribution in [0.2, 0.25) is 0 Å². The second-order valence-electron chi connectivity index (χ2n) is 7.74. The van der Waals surface area contributed by atoms with E-state index in [1.807, 2.05) is 12.1 Å². The third-order valence-electron chi connectivity index (χ3n) is 5.77. The number of hydrogen-bond acceptors (Lipinski definition) is 1. The summed E-state index contributed by atoms with van der Waals surface area (Å²) in [6, 6.07) is 16.1. The molecule has 146 valence electrons. The van der Waals surface area contributed by atoms with E-state index in [9.17, 15) is 4.39 Å². The van der Waals surface area contributed by atoms with Gasteiger partial charge in [0.25, 0.3) is 0 Å². The molecule has 1 aliphatic carbocycles. The van der Waals surface area contributed by atoms with Crippen LogP contribution in [-0.4, -0.2) is 0 Å². The molecule has 0 unspecified atom stereocenters. The van der Waals surface area contributed by atoms with Crippen molar-refractivity contribution in [1.29, 1.82) is 5.26 Å². The van der Waals surface area contributed by atoms with Gasteiger partial charge >= 0.3 is 0 Å². The zero-order chi connectivity index (χ0) is 20.4. The second-order valence-corrected chi connectivity index (χ2v) is 7.74. The van der Waals surface area contributed by atoms with Gasteiger partial charge in [-0.2, -0.15) is 5.26 Å². The van der Waals surface area contributed by atoms with E-state index in [4.69, 9.17) is 5.26 Å². The highest BCUT2D eigenvalue weighted by atomic mass is 19.1. The van der Waals surface area contributed by atoms with Crippen LogP contribution in [0.15, 0.2) is 48.5 Å². The molecule has 4 rings (SSSR count). The Morgan fingerprint density at radius 3 is 2.45 bits per heavy atom. The van der Waals surface area contributed by atoms with Gasteiger partial charge in [-0.25, -0.2) is 8.78 Å². The second kappa shape index (κ2) is 8.17. The summed E-state index contributed by atoms with van der Waals surface area (Å²) >= 11 is 0. The normalized spacial score (nSPS) is 11.8. The van der Waals surface area contributed by atoms with Crippen LogP contribution in [0.4, 0.5) is 8.78 Å². The van der Waals surface area contributed by atoms with Crippen molar-refractivity contribution < 1.29 is 8.78 Å². The van der Waals surface area contributed by atoms with Gasteiger partial charge in [0.05, 0.1) is 17.2 Å². The molecule has 0 saturated heterocycles. The fourth-order valence-corrected chi connectivity index (χ4v) is 4.21. The van der Waals surface area contributed by atoms with Crippen LogP contribution in [-0.2, 0) is 12.8 Å². The Hall–Kier alpha value is -2.99. The number of hydrogen-bond donors (Lipinski definition) is 0. The molecular weight excluding hydrogens is 364 g/mol. The van der Waals surface area contributed by atoms with Crippen molar-refractivity contribution in [3.05, 3.63) is 82.4 Å². The van der Waals surface area contributed by atoms with E-state index < -0.39 is 11.6 Å². The predicted molar refractivity (Wildman–Crippen MR) is 113 cm³/mol. The maximum absolute atomic E-state index is 15.4. The molecule has 3 heteroatoms. The number of benzene rings is 3. The highest BCUT2D eigenvalue weighted by Crippen LogP contribution is 2.42. The molecule has 29 heavy (non-hydrogen) atoms. The third kappa shape index (κ3) is 3.68. The standard InChI is InChI=1S/C26H23F2N/c1-2-3-4-5-6-17-9-12-21-20(13-17)14-23-22(21)15-24(27)25(26(23)28)19-10-7-18(16-29)8-11-19/h7-13,15H,2-6,14H2,1H3. The van der Waals surface area contributed by atoms with E-state index in [-0.39, 0.29) is 5.56 Å². The van der Waals surface area contributed by atoms with Gasteiger partial charge in [0.2, 0.25) is 0 Å². The molecule has 0 spiro atoms. The molecule has 0 radical (unpaired) electrons. The molecule has 1 nitrogen and oxygen atoms in total. The van der Waals surface area contributed by atoms with E-state index in [1.54, 1.807) is 24.3 Å². The Morgan fingerprint density at radius 1 is 0.931 bits per heavy atom. The molecule has 0 atom stereocenters. The summed E-state index contributed by atoms with van der Waals surface area (Å²) in [7, 11) is 0.